The third-order valence-corrected chi connectivity index (χ3v) is 5.81. The molecular formula is C27H21N3O3. The molecule has 2 heterocycles. The number of imide groups is 1. The molecule has 6 nitrogen and oxygen atoms in total. The Morgan fingerprint density at radius 1 is 0.848 bits per heavy atom. The molecule has 0 spiro atoms. The maximum Gasteiger partial charge on any atom is 0.266 e. The Bertz CT molecular complexity index is 1440. The van der Waals surface area contributed by atoms with Crippen molar-refractivity contribution in [1.29, 1.82) is 0 Å². The molecule has 0 aliphatic carbocycles. The monoisotopic (exact) mass is 435 g/mol. The molecule has 0 bridgehead atoms. The number of aromatic nitrogens is 1. The van der Waals surface area contributed by atoms with Crippen molar-refractivity contribution in [2.75, 3.05) is 10.2 Å². The van der Waals surface area contributed by atoms with E-state index in [9.17, 15) is 14.4 Å². The molecular weight excluding hydrogens is 414 g/mol. The van der Waals surface area contributed by atoms with Crippen LogP contribution in [0.15, 0.2) is 66.7 Å². The van der Waals surface area contributed by atoms with Crippen LogP contribution in [0, 0.1) is 20.8 Å². The first-order valence-corrected chi connectivity index (χ1v) is 10.6. The van der Waals surface area contributed by atoms with Gasteiger partial charge in [-0.05, 0) is 74.9 Å². The van der Waals surface area contributed by atoms with E-state index in [4.69, 9.17) is 0 Å². The molecule has 0 saturated heterocycles. The van der Waals surface area contributed by atoms with E-state index >= 15 is 0 Å². The minimum Gasteiger partial charge on any atom is -0.321 e. The zero-order valence-electron chi connectivity index (χ0n) is 18.5. The van der Waals surface area contributed by atoms with Crippen LogP contribution >= 0.6 is 0 Å². The van der Waals surface area contributed by atoms with E-state index in [1.807, 2.05) is 32.9 Å². The van der Waals surface area contributed by atoms with Gasteiger partial charge in [0, 0.05) is 16.6 Å². The number of hydrogen-bond donors (Lipinski definition) is 1. The summed E-state index contributed by atoms with van der Waals surface area (Å²) in [5.41, 5.74) is 6.11. The Kier molecular flexibility index (Phi) is 4.78. The van der Waals surface area contributed by atoms with Crippen LogP contribution < -0.4 is 10.2 Å². The summed E-state index contributed by atoms with van der Waals surface area (Å²) < 4.78 is 0. The lowest BCUT2D eigenvalue weighted by Gasteiger charge is -2.15. The van der Waals surface area contributed by atoms with Crippen LogP contribution in [0.3, 0.4) is 0 Å². The van der Waals surface area contributed by atoms with Crippen LogP contribution in [0.25, 0.3) is 10.9 Å². The van der Waals surface area contributed by atoms with Gasteiger partial charge in [0.1, 0.15) is 0 Å². The molecule has 0 unspecified atom stereocenters. The Balaban J connectivity index is 1.43. The quantitative estimate of drug-likeness (QED) is 0.448. The van der Waals surface area contributed by atoms with Crippen LogP contribution in [0.2, 0.25) is 0 Å². The van der Waals surface area contributed by atoms with Crippen molar-refractivity contribution in [1.82, 2.24) is 4.98 Å². The summed E-state index contributed by atoms with van der Waals surface area (Å²) in [6.45, 7) is 5.91. The average Bonchev–Trinajstić information content (AvgIpc) is 3.05. The number of pyridine rings is 1. The molecule has 4 aromatic rings. The fourth-order valence-electron chi connectivity index (χ4n) is 4.29. The zero-order chi connectivity index (χ0) is 23.3. The lowest BCUT2D eigenvalue weighted by atomic mass is 10.0. The number of carbonyl (C=O) groups excluding carboxylic acids is 3. The fourth-order valence-corrected chi connectivity index (χ4v) is 4.29. The van der Waals surface area contributed by atoms with Gasteiger partial charge in [0.15, 0.2) is 0 Å². The van der Waals surface area contributed by atoms with Gasteiger partial charge in [-0.2, -0.15) is 0 Å². The molecule has 162 valence electrons. The highest BCUT2D eigenvalue weighted by Gasteiger charge is 2.36. The minimum absolute atomic E-state index is 0.282. The molecule has 33 heavy (non-hydrogen) atoms. The predicted molar refractivity (Wildman–Crippen MR) is 128 cm³/mol. The van der Waals surface area contributed by atoms with E-state index in [-0.39, 0.29) is 17.7 Å². The van der Waals surface area contributed by atoms with E-state index in [2.05, 4.69) is 16.4 Å². The van der Waals surface area contributed by atoms with Crippen molar-refractivity contribution in [2.24, 2.45) is 0 Å². The van der Waals surface area contributed by atoms with E-state index in [1.54, 1.807) is 48.5 Å². The summed E-state index contributed by atoms with van der Waals surface area (Å²) in [4.78, 5) is 44.2. The van der Waals surface area contributed by atoms with Crippen LogP contribution in [0.1, 0.15) is 47.9 Å². The molecule has 1 aromatic heterocycles. The summed E-state index contributed by atoms with van der Waals surface area (Å²) in [6, 6.07) is 19.1. The molecule has 1 aliphatic rings. The van der Waals surface area contributed by atoms with E-state index in [0.717, 1.165) is 32.6 Å². The van der Waals surface area contributed by atoms with Gasteiger partial charge < -0.3 is 5.32 Å². The summed E-state index contributed by atoms with van der Waals surface area (Å²) >= 11 is 0. The number of nitrogens with zero attached hydrogens (tertiary/aromatic N) is 2. The lowest BCUT2D eigenvalue weighted by molar-refractivity contribution is 0.0925. The number of amides is 3. The summed E-state index contributed by atoms with van der Waals surface area (Å²) in [6.07, 6.45) is 0. The third kappa shape index (κ3) is 3.46. The summed E-state index contributed by atoms with van der Waals surface area (Å²) in [7, 11) is 0. The Labute approximate surface area is 190 Å². The van der Waals surface area contributed by atoms with Crippen LogP contribution in [0.4, 0.5) is 11.4 Å². The predicted octanol–water partition coefficient (Wildman–Crippen LogP) is 5.21. The van der Waals surface area contributed by atoms with Crippen molar-refractivity contribution < 1.29 is 14.4 Å². The number of carbonyl (C=O) groups is 3. The molecule has 3 amide bonds. The highest BCUT2D eigenvalue weighted by Crippen LogP contribution is 2.30. The van der Waals surface area contributed by atoms with Gasteiger partial charge in [-0.25, -0.2) is 4.90 Å². The first-order valence-electron chi connectivity index (χ1n) is 10.6. The number of aryl methyl sites for hydroxylation is 3. The van der Waals surface area contributed by atoms with Crippen LogP contribution in [0.5, 0.6) is 0 Å². The number of hydrogen-bond acceptors (Lipinski definition) is 4. The Hall–Kier alpha value is -4.32. The number of rotatable bonds is 3. The molecule has 6 heteroatoms. The topological polar surface area (TPSA) is 79.4 Å². The van der Waals surface area contributed by atoms with Crippen molar-refractivity contribution in [3.8, 4) is 0 Å². The van der Waals surface area contributed by atoms with Gasteiger partial charge in [-0.3, -0.25) is 19.4 Å². The van der Waals surface area contributed by atoms with Gasteiger partial charge in [0.05, 0.1) is 28.0 Å². The van der Waals surface area contributed by atoms with Gasteiger partial charge in [-0.1, -0.05) is 23.8 Å². The maximum atomic E-state index is 13.0. The maximum absolute atomic E-state index is 13.0. The van der Waals surface area contributed by atoms with Crippen molar-refractivity contribution in [3.05, 3.63) is 100 Å². The molecule has 0 saturated carbocycles. The van der Waals surface area contributed by atoms with Crippen molar-refractivity contribution >= 4 is 40.0 Å². The highest BCUT2D eigenvalue weighted by atomic mass is 16.2. The van der Waals surface area contributed by atoms with Crippen LogP contribution in [-0.2, 0) is 0 Å². The number of benzene rings is 3. The van der Waals surface area contributed by atoms with Gasteiger partial charge in [0.2, 0.25) is 0 Å². The van der Waals surface area contributed by atoms with E-state index in [0.29, 0.717) is 28.1 Å². The van der Waals surface area contributed by atoms with Gasteiger partial charge >= 0.3 is 0 Å². The molecule has 1 aliphatic heterocycles. The molecule has 3 aromatic carbocycles. The standard InChI is InChI=1S/C27H21N3O3/c1-15-12-16(2)24-22(13-15)23(14-17(3)28-24)29-25(31)18-8-10-19(11-9-18)30-26(32)20-6-4-5-7-21(20)27(30)33/h4-14H,1-3H3,(H,28,29,31). The van der Waals surface area contributed by atoms with Gasteiger partial charge in [0.25, 0.3) is 17.7 Å². The molecule has 0 fully saturated rings. The second-order valence-corrected chi connectivity index (χ2v) is 8.28. The van der Waals surface area contributed by atoms with E-state index < -0.39 is 0 Å². The first-order chi connectivity index (χ1) is 15.8. The zero-order valence-corrected chi connectivity index (χ0v) is 18.5. The second-order valence-electron chi connectivity index (χ2n) is 8.28. The molecule has 1 N–H and O–H groups in total. The lowest BCUT2D eigenvalue weighted by Crippen LogP contribution is -2.29. The van der Waals surface area contributed by atoms with E-state index in [1.165, 1.54) is 0 Å². The molecule has 0 radical (unpaired) electrons. The minimum atomic E-state index is -0.364. The van der Waals surface area contributed by atoms with Crippen molar-refractivity contribution in [2.45, 2.75) is 20.8 Å². The second kappa shape index (κ2) is 7.67. The third-order valence-electron chi connectivity index (χ3n) is 5.81. The fraction of sp³-hybridized carbons (Fsp3) is 0.111. The first kappa shape index (κ1) is 20.6. The SMILES string of the molecule is Cc1cc(C)c2nc(C)cc(NC(=O)c3ccc(N4C(=O)c5ccccc5C4=O)cc3)c2c1. The van der Waals surface area contributed by atoms with Crippen molar-refractivity contribution in [3.63, 3.8) is 0 Å². The summed E-state index contributed by atoms with van der Waals surface area (Å²) in [5, 5.41) is 3.87. The largest absolute Gasteiger partial charge is 0.321 e. The summed E-state index contributed by atoms with van der Waals surface area (Å²) in [5.74, 6) is -1.01. The van der Waals surface area contributed by atoms with Gasteiger partial charge in [-0.15, -0.1) is 0 Å². The number of fused-ring (bicyclic) bond motifs is 2. The smallest absolute Gasteiger partial charge is 0.266 e. The molecule has 5 rings (SSSR count). The average molecular weight is 435 g/mol. The normalized spacial score (nSPS) is 12.9. The van der Waals surface area contributed by atoms with Crippen LogP contribution in [-0.4, -0.2) is 22.7 Å². The number of anilines is 2. The number of nitrogens with one attached hydrogen (secondary N) is 1. The highest BCUT2D eigenvalue weighted by molar-refractivity contribution is 6.34. The Morgan fingerprint density at radius 3 is 2.12 bits per heavy atom. The Morgan fingerprint density at radius 2 is 1.48 bits per heavy atom. The molecule has 0 atom stereocenters.